The molecule has 1 aromatic carbocycles. The molecule has 1 fully saturated rings. The van der Waals surface area contributed by atoms with Crippen LogP contribution in [-0.2, 0) is 18.8 Å². The summed E-state index contributed by atoms with van der Waals surface area (Å²) in [7, 11) is 2.48. The molecule has 0 saturated carbocycles. The average Bonchev–Trinajstić information content (AvgIpc) is 2.80. The Hall–Kier alpha value is -3.96. The Balaban J connectivity index is 1.80. The van der Waals surface area contributed by atoms with Crippen molar-refractivity contribution in [2.24, 2.45) is 14.1 Å². The van der Waals surface area contributed by atoms with Crippen LogP contribution in [0.25, 0.3) is 0 Å². The maximum absolute atomic E-state index is 12.5. The first-order valence-electron chi connectivity index (χ1n) is 9.92. The van der Waals surface area contributed by atoms with Crippen LogP contribution in [0.3, 0.4) is 0 Å². The molecule has 0 spiro atoms. The number of nitrogens with zero attached hydrogens (tertiary/aromatic N) is 4. The largest absolute Gasteiger partial charge is 0.454 e. The number of carbonyl (C=O) groups excluding carboxylic acids is 2. The van der Waals surface area contributed by atoms with E-state index >= 15 is 0 Å². The molecule has 170 valence electrons. The Kier molecular flexibility index (Phi) is 6.42. The second-order valence-electron chi connectivity index (χ2n) is 7.47. The van der Waals surface area contributed by atoms with Gasteiger partial charge in [-0.15, -0.1) is 0 Å². The molecule has 0 amide bonds. The van der Waals surface area contributed by atoms with Crippen molar-refractivity contribution < 1.29 is 19.2 Å². The number of nitro benzene ring substituents is 1. The van der Waals surface area contributed by atoms with Crippen molar-refractivity contribution in [1.82, 2.24) is 9.13 Å². The summed E-state index contributed by atoms with van der Waals surface area (Å²) in [6.07, 6.45) is 2.92. The highest BCUT2D eigenvalue weighted by Crippen LogP contribution is 2.31. The Morgan fingerprint density at radius 3 is 2.41 bits per heavy atom. The summed E-state index contributed by atoms with van der Waals surface area (Å²) in [5.41, 5.74) is 3.71. The highest BCUT2D eigenvalue weighted by Gasteiger charge is 2.25. The van der Waals surface area contributed by atoms with Gasteiger partial charge < -0.3 is 15.4 Å². The van der Waals surface area contributed by atoms with E-state index in [1.54, 1.807) is 0 Å². The maximum Gasteiger partial charge on any atom is 0.338 e. The molecule has 2 heterocycles. The monoisotopic (exact) mass is 445 g/mol. The van der Waals surface area contributed by atoms with Crippen LogP contribution in [-0.4, -0.2) is 45.5 Å². The molecule has 1 saturated heterocycles. The number of nitro groups is 1. The van der Waals surface area contributed by atoms with Crippen LogP contribution in [0.15, 0.2) is 27.8 Å². The number of nitrogen functional groups attached to an aromatic ring is 1. The summed E-state index contributed by atoms with van der Waals surface area (Å²) in [6, 6.07) is 3.99. The highest BCUT2D eigenvalue weighted by atomic mass is 16.6. The van der Waals surface area contributed by atoms with Crippen LogP contribution in [0.4, 0.5) is 17.2 Å². The number of benzene rings is 1. The first-order chi connectivity index (χ1) is 15.1. The minimum Gasteiger partial charge on any atom is -0.454 e. The van der Waals surface area contributed by atoms with E-state index in [0.29, 0.717) is 23.3 Å². The third-order valence-corrected chi connectivity index (χ3v) is 5.43. The van der Waals surface area contributed by atoms with E-state index in [1.165, 1.54) is 26.2 Å². The van der Waals surface area contributed by atoms with Gasteiger partial charge in [-0.3, -0.25) is 28.8 Å². The van der Waals surface area contributed by atoms with Crippen LogP contribution < -0.4 is 21.9 Å². The molecule has 3 rings (SSSR count). The topological polar surface area (TPSA) is 160 Å². The summed E-state index contributed by atoms with van der Waals surface area (Å²) in [5.74, 6) is -2.21. The second-order valence-corrected chi connectivity index (χ2v) is 7.47. The van der Waals surface area contributed by atoms with Crippen LogP contribution in [0.2, 0.25) is 0 Å². The van der Waals surface area contributed by atoms with Gasteiger partial charge in [0.25, 0.3) is 11.2 Å². The standard InChI is InChI=1S/C20H23N5O7/c1-22-17(21)16(18(27)23(2)20(22)29)15(26)11-32-19(28)12-6-7-13(14(10-12)25(30)31)24-8-4-3-5-9-24/h6-7,10H,3-5,8-9,11,21H2,1-2H3. The number of carbonyl (C=O) groups is 2. The summed E-state index contributed by atoms with van der Waals surface area (Å²) in [5, 5.41) is 11.6. The molecule has 1 aromatic heterocycles. The summed E-state index contributed by atoms with van der Waals surface area (Å²) in [4.78, 5) is 61.9. The SMILES string of the molecule is Cn1c(N)c(C(=O)COC(=O)c2ccc(N3CCCCC3)c([N+](=O)[O-])c2)c(=O)n(C)c1=O. The lowest BCUT2D eigenvalue weighted by atomic mass is 10.1. The minimum absolute atomic E-state index is 0.105. The molecule has 1 aliphatic rings. The number of hydrogen-bond acceptors (Lipinski definition) is 9. The number of ketones is 1. The molecular formula is C20H23N5O7. The third kappa shape index (κ3) is 4.24. The summed E-state index contributed by atoms with van der Waals surface area (Å²) < 4.78 is 6.61. The zero-order valence-electron chi connectivity index (χ0n) is 17.7. The smallest absolute Gasteiger partial charge is 0.338 e. The first-order valence-corrected chi connectivity index (χ1v) is 9.92. The van der Waals surface area contributed by atoms with Gasteiger partial charge in [0.1, 0.15) is 17.1 Å². The lowest BCUT2D eigenvalue weighted by Gasteiger charge is -2.28. The van der Waals surface area contributed by atoms with Crippen molar-refractivity contribution in [1.29, 1.82) is 0 Å². The molecule has 0 unspecified atom stereocenters. The van der Waals surface area contributed by atoms with Crippen molar-refractivity contribution in [2.75, 3.05) is 30.3 Å². The van der Waals surface area contributed by atoms with Crippen LogP contribution in [0.5, 0.6) is 0 Å². The Morgan fingerprint density at radius 2 is 1.78 bits per heavy atom. The normalized spacial score (nSPS) is 13.6. The van der Waals surface area contributed by atoms with Crippen LogP contribution >= 0.6 is 0 Å². The fourth-order valence-electron chi connectivity index (χ4n) is 3.61. The third-order valence-electron chi connectivity index (χ3n) is 5.43. The van der Waals surface area contributed by atoms with Gasteiger partial charge >= 0.3 is 11.7 Å². The van der Waals surface area contributed by atoms with Crippen molar-refractivity contribution in [2.45, 2.75) is 19.3 Å². The number of Topliss-reactive ketones (excluding diaryl/α,β-unsaturated/α-hetero) is 1. The lowest BCUT2D eigenvalue weighted by Crippen LogP contribution is -2.42. The Labute approximate surface area is 182 Å². The predicted molar refractivity (Wildman–Crippen MR) is 115 cm³/mol. The lowest BCUT2D eigenvalue weighted by molar-refractivity contribution is -0.384. The average molecular weight is 445 g/mol. The van der Waals surface area contributed by atoms with E-state index in [9.17, 15) is 29.3 Å². The molecule has 2 N–H and O–H groups in total. The van der Waals surface area contributed by atoms with Gasteiger partial charge in [-0.05, 0) is 31.4 Å². The zero-order valence-corrected chi connectivity index (χ0v) is 17.7. The molecule has 2 aromatic rings. The Morgan fingerprint density at radius 1 is 1.12 bits per heavy atom. The number of hydrogen-bond donors (Lipinski definition) is 1. The number of nitrogens with two attached hydrogens (primary N) is 1. The number of ether oxygens (including phenoxy) is 1. The van der Waals surface area contributed by atoms with Gasteiger partial charge in [-0.1, -0.05) is 0 Å². The quantitative estimate of drug-likeness (QED) is 0.291. The predicted octanol–water partition coefficient (Wildman–Crippen LogP) is 0.604. The van der Waals surface area contributed by atoms with Crippen molar-refractivity contribution >= 4 is 28.9 Å². The molecule has 12 nitrogen and oxygen atoms in total. The molecule has 0 radical (unpaired) electrons. The van der Waals surface area contributed by atoms with E-state index < -0.39 is 40.1 Å². The van der Waals surface area contributed by atoms with Crippen molar-refractivity contribution in [3.05, 3.63) is 60.3 Å². The number of piperidine rings is 1. The number of aromatic nitrogens is 2. The van der Waals surface area contributed by atoms with E-state index in [0.717, 1.165) is 29.9 Å². The van der Waals surface area contributed by atoms with Crippen LogP contribution in [0, 0.1) is 10.1 Å². The number of esters is 1. The molecular weight excluding hydrogens is 422 g/mol. The highest BCUT2D eigenvalue weighted by molar-refractivity contribution is 6.02. The van der Waals surface area contributed by atoms with Gasteiger partial charge in [0.2, 0.25) is 5.78 Å². The number of rotatable bonds is 6. The minimum atomic E-state index is -0.966. The number of anilines is 2. The van der Waals surface area contributed by atoms with Gasteiger partial charge in [0.05, 0.1) is 10.5 Å². The fourth-order valence-corrected chi connectivity index (χ4v) is 3.61. The molecule has 0 aliphatic carbocycles. The molecule has 32 heavy (non-hydrogen) atoms. The van der Waals surface area contributed by atoms with Gasteiger partial charge in [0, 0.05) is 33.3 Å². The van der Waals surface area contributed by atoms with Crippen LogP contribution in [0.1, 0.15) is 40.0 Å². The molecule has 0 bridgehead atoms. The van der Waals surface area contributed by atoms with E-state index in [4.69, 9.17) is 10.5 Å². The summed E-state index contributed by atoms with van der Waals surface area (Å²) >= 11 is 0. The van der Waals surface area contributed by atoms with Gasteiger partial charge in [-0.2, -0.15) is 0 Å². The maximum atomic E-state index is 12.5. The van der Waals surface area contributed by atoms with Gasteiger partial charge in [-0.25, -0.2) is 9.59 Å². The molecule has 12 heteroatoms. The van der Waals surface area contributed by atoms with Gasteiger partial charge in [0.15, 0.2) is 6.61 Å². The molecule has 0 atom stereocenters. The fraction of sp³-hybridized carbons (Fsp3) is 0.400. The van der Waals surface area contributed by atoms with E-state index in [2.05, 4.69) is 0 Å². The Bertz CT molecular complexity index is 1210. The molecule has 1 aliphatic heterocycles. The van der Waals surface area contributed by atoms with Crippen molar-refractivity contribution in [3.8, 4) is 0 Å². The second kappa shape index (κ2) is 9.04. The van der Waals surface area contributed by atoms with E-state index in [-0.39, 0.29) is 17.1 Å². The van der Waals surface area contributed by atoms with Crippen molar-refractivity contribution in [3.63, 3.8) is 0 Å². The zero-order chi connectivity index (χ0) is 23.6. The summed E-state index contributed by atoms with van der Waals surface area (Å²) in [6.45, 7) is 0.558. The van der Waals surface area contributed by atoms with E-state index in [1.807, 2.05) is 4.90 Å². The first kappa shape index (κ1) is 22.7.